The molecule has 2 N–H and O–H groups in total. The van der Waals surface area contributed by atoms with Crippen LogP contribution in [-0.4, -0.2) is 29.5 Å². The zero-order valence-corrected chi connectivity index (χ0v) is 12.1. The second-order valence-corrected chi connectivity index (χ2v) is 4.35. The van der Waals surface area contributed by atoms with Gasteiger partial charge < -0.3 is 15.4 Å². The van der Waals surface area contributed by atoms with E-state index in [1.54, 1.807) is 13.3 Å². The lowest BCUT2D eigenvalue weighted by Crippen LogP contribution is -2.24. The molecular formula is C15H18N4O2. The van der Waals surface area contributed by atoms with Gasteiger partial charge in [0.05, 0.1) is 19.5 Å². The highest BCUT2D eigenvalue weighted by Crippen LogP contribution is 2.12. The van der Waals surface area contributed by atoms with Crippen molar-refractivity contribution >= 4 is 11.7 Å². The van der Waals surface area contributed by atoms with E-state index in [9.17, 15) is 4.79 Å². The van der Waals surface area contributed by atoms with Crippen molar-refractivity contribution in [3.05, 3.63) is 47.9 Å². The monoisotopic (exact) mass is 286 g/mol. The number of aromatic nitrogens is 2. The number of hydrogen-bond acceptors (Lipinski definition) is 5. The topological polar surface area (TPSA) is 76.1 Å². The molecule has 0 aliphatic heterocycles. The number of carbonyl (C=O) groups excluding carboxylic acids is 1. The van der Waals surface area contributed by atoms with Crippen LogP contribution in [0.15, 0.2) is 36.7 Å². The summed E-state index contributed by atoms with van der Waals surface area (Å²) in [5, 5.41) is 5.83. The molecule has 2 rings (SSSR count). The number of hydrogen-bond donors (Lipinski definition) is 2. The molecule has 0 spiro atoms. The third-order valence-corrected chi connectivity index (χ3v) is 2.83. The van der Waals surface area contributed by atoms with Crippen molar-refractivity contribution in [3.8, 4) is 5.75 Å². The number of benzene rings is 1. The molecule has 0 bridgehead atoms. The van der Waals surface area contributed by atoms with E-state index in [1.165, 1.54) is 6.20 Å². The zero-order valence-electron chi connectivity index (χ0n) is 12.1. The average Bonchev–Trinajstić information content (AvgIpc) is 2.54. The first kappa shape index (κ1) is 14.8. The lowest BCUT2D eigenvalue weighted by atomic mass is 10.2. The summed E-state index contributed by atoms with van der Waals surface area (Å²) in [6.07, 6.45) is 3.00. The second-order valence-electron chi connectivity index (χ2n) is 4.35. The van der Waals surface area contributed by atoms with Crippen molar-refractivity contribution in [2.45, 2.75) is 13.5 Å². The Balaban J connectivity index is 1.94. The molecule has 0 atom stereocenters. The number of rotatable bonds is 6. The minimum Gasteiger partial charge on any atom is -0.497 e. The summed E-state index contributed by atoms with van der Waals surface area (Å²) in [6.45, 7) is 3.14. The lowest BCUT2D eigenvalue weighted by molar-refractivity contribution is 0.0945. The summed E-state index contributed by atoms with van der Waals surface area (Å²) in [7, 11) is 1.61. The van der Waals surface area contributed by atoms with Crippen molar-refractivity contribution in [2.75, 3.05) is 19.0 Å². The van der Waals surface area contributed by atoms with Gasteiger partial charge in [-0.1, -0.05) is 12.1 Å². The van der Waals surface area contributed by atoms with Crippen molar-refractivity contribution in [2.24, 2.45) is 0 Å². The molecule has 6 heteroatoms. The molecule has 0 fully saturated rings. The third-order valence-electron chi connectivity index (χ3n) is 2.83. The van der Waals surface area contributed by atoms with E-state index in [0.29, 0.717) is 18.1 Å². The number of nitrogens with one attached hydrogen (secondary N) is 2. The van der Waals surface area contributed by atoms with Gasteiger partial charge in [-0.25, -0.2) is 9.97 Å². The summed E-state index contributed by atoms with van der Waals surface area (Å²) < 4.78 is 5.14. The molecule has 0 unspecified atom stereocenters. The van der Waals surface area contributed by atoms with Crippen molar-refractivity contribution in [3.63, 3.8) is 0 Å². The Hall–Kier alpha value is -2.63. The molecule has 0 aliphatic rings. The van der Waals surface area contributed by atoms with Crippen LogP contribution in [0.3, 0.4) is 0 Å². The third kappa shape index (κ3) is 4.17. The van der Waals surface area contributed by atoms with Gasteiger partial charge in [-0.2, -0.15) is 0 Å². The number of methoxy groups -OCH3 is 1. The summed E-state index contributed by atoms with van der Waals surface area (Å²) in [6, 6.07) is 7.53. The van der Waals surface area contributed by atoms with Gasteiger partial charge in [-0.15, -0.1) is 0 Å². The first-order valence-corrected chi connectivity index (χ1v) is 6.70. The minimum absolute atomic E-state index is 0.256. The van der Waals surface area contributed by atoms with Crippen LogP contribution in [0.1, 0.15) is 23.0 Å². The van der Waals surface area contributed by atoms with E-state index in [4.69, 9.17) is 4.74 Å². The van der Waals surface area contributed by atoms with Crippen LogP contribution in [0, 0.1) is 0 Å². The Labute approximate surface area is 123 Å². The predicted molar refractivity (Wildman–Crippen MR) is 80.4 cm³/mol. The number of nitrogens with zero attached hydrogens (tertiary/aromatic N) is 2. The smallest absolute Gasteiger partial charge is 0.271 e. The fraction of sp³-hybridized carbons (Fsp3) is 0.267. The molecule has 21 heavy (non-hydrogen) atoms. The fourth-order valence-corrected chi connectivity index (χ4v) is 1.77. The van der Waals surface area contributed by atoms with Crippen molar-refractivity contribution in [1.29, 1.82) is 0 Å². The molecule has 0 radical (unpaired) electrons. The summed E-state index contributed by atoms with van der Waals surface area (Å²) in [5.74, 6) is 1.16. The maximum atomic E-state index is 12.0. The Morgan fingerprint density at radius 2 is 2.14 bits per heavy atom. The Morgan fingerprint density at radius 3 is 2.81 bits per heavy atom. The Kier molecular flexibility index (Phi) is 5.09. The van der Waals surface area contributed by atoms with E-state index in [1.807, 2.05) is 31.2 Å². The minimum atomic E-state index is -0.256. The average molecular weight is 286 g/mol. The number of ether oxygens (including phenoxy) is 1. The number of anilines is 1. The van der Waals surface area contributed by atoms with E-state index in [-0.39, 0.29) is 5.91 Å². The van der Waals surface area contributed by atoms with Gasteiger partial charge >= 0.3 is 0 Å². The quantitative estimate of drug-likeness (QED) is 0.847. The molecule has 110 valence electrons. The molecular weight excluding hydrogens is 268 g/mol. The molecule has 2 aromatic rings. The maximum absolute atomic E-state index is 12.0. The van der Waals surface area contributed by atoms with E-state index in [0.717, 1.165) is 17.9 Å². The summed E-state index contributed by atoms with van der Waals surface area (Å²) in [4.78, 5) is 20.2. The zero-order chi connectivity index (χ0) is 15.1. The van der Waals surface area contributed by atoms with Gasteiger partial charge in [-0.3, -0.25) is 4.79 Å². The van der Waals surface area contributed by atoms with Crippen LogP contribution in [0.25, 0.3) is 0 Å². The molecule has 1 amide bonds. The van der Waals surface area contributed by atoms with Gasteiger partial charge in [-0.05, 0) is 24.6 Å². The molecule has 1 aromatic heterocycles. The number of carbonyl (C=O) groups is 1. The highest BCUT2D eigenvalue weighted by atomic mass is 16.5. The van der Waals surface area contributed by atoms with Gasteiger partial charge in [0.2, 0.25) is 0 Å². The lowest BCUT2D eigenvalue weighted by Gasteiger charge is -2.07. The Morgan fingerprint density at radius 1 is 1.29 bits per heavy atom. The molecule has 1 heterocycles. The van der Waals surface area contributed by atoms with E-state index in [2.05, 4.69) is 20.6 Å². The van der Waals surface area contributed by atoms with Crippen LogP contribution in [0.4, 0.5) is 5.82 Å². The van der Waals surface area contributed by atoms with Gasteiger partial charge in [0.25, 0.3) is 5.91 Å². The van der Waals surface area contributed by atoms with Crippen LogP contribution < -0.4 is 15.4 Å². The molecule has 0 saturated carbocycles. The number of amides is 1. The normalized spacial score (nSPS) is 10.0. The highest BCUT2D eigenvalue weighted by Gasteiger charge is 2.07. The van der Waals surface area contributed by atoms with Gasteiger partial charge in [0.1, 0.15) is 17.3 Å². The molecule has 1 aromatic carbocycles. The van der Waals surface area contributed by atoms with Crippen LogP contribution in [-0.2, 0) is 6.54 Å². The SMILES string of the molecule is CCNc1cnc(C(=O)NCc2cccc(OC)c2)cn1. The molecule has 0 aliphatic carbocycles. The summed E-state index contributed by atoms with van der Waals surface area (Å²) >= 11 is 0. The van der Waals surface area contributed by atoms with Crippen LogP contribution in [0.2, 0.25) is 0 Å². The second kappa shape index (κ2) is 7.23. The molecule has 0 saturated heterocycles. The van der Waals surface area contributed by atoms with E-state index < -0.39 is 0 Å². The van der Waals surface area contributed by atoms with E-state index >= 15 is 0 Å². The Bertz CT molecular complexity index is 599. The fourth-order valence-electron chi connectivity index (χ4n) is 1.77. The van der Waals surface area contributed by atoms with Crippen LogP contribution in [0.5, 0.6) is 5.75 Å². The van der Waals surface area contributed by atoms with Crippen molar-refractivity contribution < 1.29 is 9.53 Å². The van der Waals surface area contributed by atoms with Gasteiger partial charge in [0.15, 0.2) is 0 Å². The van der Waals surface area contributed by atoms with Gasteiger partial charge in [0, 0.05) is 13.1 Å². The molecule has 6 nitrogen and oxygen atoms in total. The first-order valence-electron chi connectivity index (χ1n) is 6.70. The largest absolute Gasteiger partial charge is 0.497 e. The standard InChI is InChI=1S/C15H18N4O2/c1-3-16-14-10-17-13(9-18-14)15(20)19-8-11-5-4-6-12(7-11)21-2/h4-7,9-10H,3,8H2,1-2H3,(H,16,18)(H,19,20). The highest BCUT2D eigenvalue weighted by molar-refractivity contribution is 5.91. The first-order chi connectivity index (χ1) is 10.2. The van der Waals surface area contributed by atoms with Crippen LogP contribution >= 0.6 is 0 Å². The maximum Gasteiger partial charge on any atom is 0.271 e. The predicted octanol–water partition coefficient (Wildman–Crippen LogP) is 1.85. The summed E-state index contributed by atoms with van der Waals surface area (Å²) in [5.41, 5.74) is 1.25. The van der Waals surface area contributed by atoms with Crippen molar-refractivity contribution in [1.82, 2.24) is 15.3 Å².